The van der Waals surface area contributed by atoms with Crippen LogP contribution in [0.4, 0.5) is 0 Å². The third-order valence-electron chi connectivity index (χ3n) is 1.79. The molecule has 0 aromatic rings. The van der Waals surface area contributed by atoms with Gasteiger partial charge in [-0.05, 0) is 6.42 Å². The van der Waals surface area contributed by atoms with Gasteiger partial charge in [-0.15, -0.1) is 0 Å². The van der Waals surface area contributed by atoms with Gasteiger partial charge in [-0.25, -0.2) is 12.7 Å². The van der Waals surface area contributed by atoms with E-state index < -0.39 is 10.0 Å². The quantitative estimate of drug-likeness (QED) is 0.448. The van der Waals surface area contributed by atoms with Gasteiger partial charge in [-0.3, -0.25) is 4.79 Å². The molecule has 0 unspecified atom stereocenters. The van der Waals surface area contributed by atoms with Gasteiger partial charge in [0.15, 0.2) is 0 Å². The molecule has 0 saturated carbocycles. The van der Waals surface area contributed by atoms with Gasteiger partial charge in [0.2, 0.25) is 16.4 Å². The Labute approximate surface area is 71.8 Å². The summed E-state index contributed by atoms with van der Waals surface area (Å²) in [5.74, 6) is 0.244. The van der Waals surface area contributed by atoms with Crippen LogP contribution in [0.5, 0.6) is 0 Å². The van der Waals surface area contributed by atoms with Crippen LogP contribution in [0.2, 0.25) is 0 Å². The van der Waals surface area contributed by atoms with Gasteiger partial charge >= 0.3 is 0 Å². The first-order valence-electron chi connectivity index (χ1n) is 3.81. The summed E-state index contributed by atoms with van der Waals surface area (Å²) in [7, 11) is -2.99. The molecule has 1 fully saturated rings. The lowest BCUT2D eigenvalue weighted by Gasteiger charge is -2.12. The largest absolute Gasteiger partial charge is 0.357 e. The summed E-state index contributed by atoms with van der Waals surface area (Å²) in [5.41, 5.74) is 0. The van der Waals surface area contributed by atoms with Crippen molar-refractivity contribution < 1.29 is 13.2 Å². The van der Waals surface area contributed by atoms with Crippen molar-refractivity contribution in [3.8, 4) is 0 Å². The fourth-order valence-electron chi connectivity index (χ4n) is 1.19. The van der Waals surface area contributed by atoms with E-state index in [1.54, 1.807) is 0 Å². The molecule has 1 N–H and O–H groups in total. The molecule has 0 aromatic heterocycles. The van der Waals surface area contributed by atoms with Gasteiger partial charge in [0, 0.05) is 19.6 Å². The van der Waals surface area contributed by atoms with E-state index in [1.165, 1.54) is 4.31 Å². The lowest BCUT2D eigenvalue weighted by atomic mass is 10.5. The van der Waals surface area contributed by atoms with Crippen molar-refractivity contribution in [3.63, 3.8) is 0 Å². The Kier molecular flexibility index (Phi) is 3.05. The minimum atomic E-state index is -2.99. The number of sulfonamides is 1. The molecular formula is C6H12N2O3S. The number of carbonyl (C=O) groups excluding carboxylic acids is 1. The van der Waals surface area contributed by atoms with E-state index in [4.69, 9.17) is 0 Å². The van der Waals surface area contributed by atoms with Gasteiger partial charge < -0.3 is 5.32 Å². The zero-order valence-electron chi connectivity index (χ0n) is 6.69. The van der Waals surface area contributed by atoms with Crippen molar-refractivity contribution in [3.05, 3.63) is 0 Å². The molecule has 0 aromatic carbocycles. The van der Waals surface area contributed by atoms with Crippen molar-refractivity contribution >= 4 is 16.4 Å². The lowest BCUT2D eigenvalue weighted by Crippen LogP contribution is -2.32. The number of hydrogen-bond acceptors (Lipinski definition) is 3. The molecule has 1 amide bonds. The molecule has 1 aliphatic rings. The molecule has 1 aliphatic heterocycles. The highest BCUT2D eigenvalue weighted by molar-refractivity contribution is 7.89. The predicted molar refractivity (Wildman–Crippen MR) is 44.0 cm³/mol. The summed E-state index contributed by atoms with van der Waals surface area (Å²) in [4.78, 5) is 9.86. The van der Waals surface area contributed by atoms with Crippen molar-refractivity contribution in [2.45, 2.75) is 6.42 Å². The van der Waals surface area contributed by atoms with Gasteiger partial charge in [-0.2, -0.15) is 0 Å². The third-order valence-corrected chi connectivity index (χ3v) is 3.75. The van der Waals surface area contributed by atoms with Crippen molar-refractivity contribution in [1.82, 2.24) is 9.62 Å². The SMILES string of the molecule is O=CNCCN1CCCS1(=O)=O. The average Bonchev–Trinajstić information content (AvgIpc) is 2.32. The number of carbonyl (C=O) groups is 1. The summed E-state index contributed by atoms with van der Waals surface area (Å²) < 4.78 is 23.7. The minimum Gasteiger partial charge on any atom is -0.357 e. The van der Waals surface area contributed by atoms with Crippen LogP contribution in [0.25, 0.3) is 0 Å². The van der Waals surface area contributed by atoms with Crippen LogP contribution in [0.1, 0.15) is 6.42 Å². The molecule has 0 radical (unpaired) electrons. The third kappa shape index (κ3) is 2.18. The van der Waals surface area contributed by atoms with Crippen LogP contribution in [0, 0.1) is 0 Å². The number of amides is 1. The fourth-order valence-corrected chi connectivity index (χ4v) is 2.72. The van der Waals surface area contributed by atoms with Crippen LogP contribution in [-0.2, 0) is 14.8 Å². The maximum atomic E-state index is 11.2. The van der Waals surface area contributed by atoms with Gasteiger partial charge in [0.05, 0.1) is 5.75 Å². The van der Waals surface area contributed by atoms with Crippen LogP contribution < -0.4 is 5.32 Å². The Bertz CT molecular complexity index is 250. The fraction of sp³-hybridized carbons (Fsp3) is 0.833. The Morgan fingerprint density at radius 1 is 1.50 bits per heavy atom. The minimum absolute atomic E-state index is 0.244. The van der Waals surface area contributed by atoms with E-state index in [-0.39, 0.29) is 5.75 Å². The molecule has 1 rings (SSSR count). The molecule has 12 heavy (non-hydrogen) atoms. The van der Waals surface area contributed by atoms with Crippen LogP contribution in [0.3, 0.4) is 0 Å². The first kappa shape index (κ1) is 9.47. The predicted octanol–water partition coefficient (Wildman–Crippen LogP) is -1.23. The number of rotatable bonds is 4. The van der Waals surface area contributed by atoms with E-state index in [2.05, 4.69) is 5.32 Å². The Balaban J connectivity index is 2.37. The molecule has 1 saturated heterocycles. The molecule has 1 heterocycles. The topological polar surface area (TPSA) is 66.5 Å². The normalized spacial score (nSPS) is 22.3. The average molecular weight is 192 g/mol. The Morgan fingerprint density at radius 3 is 2.75 bits per heavy atom. The summed E-state index contributed by atoms with van der Waals surface area (Å²) in [6.07, 6.45) is 1.27. The van der Waals surface area contributed by atoms with E-state index in [0.29, 0.717) is 32.5 Å². The number of nitrogens with one attached hydrogen (secondary N) is 1. The lowest BCUT2D eigenvalue weighted by molar-refractivity contribution is -0.109. The molecule has 0 atom stereocenters. The second-order valence-corrected chi connectivity index (χ2v) is 4.73. The highest BCUT2D eigenvalue weighted by Gasteiger charge is 2.27. The summed E-state index contributed by atoms with van der Waals surface area (Å²) in [6, 6.07) is 0. The van der Waals surface area contributed by atoms with Gasteiger partial charge in [0.25, 0.3) is 0 Å². The second kappa shape index (κ2) is 3.86. The standard InChI is InChI=1S/C6H12N2O3S/c9-6-7-2-4-8-3-1-5-12(8,10)11/h6H,1-5H2,(H,7,9). The van der Waals surface area contributed by atoms with Crippen molar-refractivity contribution in [2.75, 3.05) is 25.4 Å². The Morgan fingerprint density at radius 2 is 2.25 bits per heavy atom. The molecular weight excluding hydrogens is 180 g/mol. The van der Waals surface area contributed by atoms with Crippen LogP contribution in [-0.4, -0.2) is 44.5 Å². The molecule has 0 bridgehead atoms. The first-order valence-corrected chi connectivity index (χ1v) is 5.42. The van der Waals surface area contributed by atoms with E-state index in [1.807, 2.05) is 0 Å². The Hall–Kier alpha value is -0.620. The van der Waals surface area contributed by atoms with Crippen molar-refractivity contribution in [1.29, 1.82) is 0 Å². The molecule has 0 spiro atoms. The number of hydrogen-bond donors (Lipinski definition) is 1. The first-order chi connectivity index (χ1) is 5.67. The monoisotopic (exact) mass is 192 g/mol. The highest BCUT2D eigenvalue weighted by Crippen LogP contribution is 2.11. The second-order valence-electron chi connectivity index (χ2n) is 2.64. The molecule has 70 valence electrons. The van der Waals surface area contributed by atoms with E-state index in [9.17, 15) is 13.2 Å². The van der Waals surface area contributed by atoms with Crippen LogP contribution in [0.15, 0.2) is 0 Å². The van der Waals surface area contributed by atoms with E-state index in [0.717, 1.165) is 0 Å². The number of nitrogens with zero attached hydrogens (tertiary/aromatic N) is 1. The summed E-state index contributed by atoms with van der Waals surface area (Å²) in [5, 5.41) is 2.43. The van der Waals surface area contributed by atoms with E-state index >= 15 is 0 Å². The molecule has 6 heteroatoms. The zero-order chi connectivity index (χ0) is 9.03. The zero-order valence-corrected chi connectivity index (χ0v) is 7.51. The summed E-state index contributed by atoms with van der Waals surface area (Å²) >= 11 is 0. The smallest absolute Gasteiger partial charge is 0.214 e. The maximum absolute atomic E-state index is 11.2. The summed E-state index contributed by atoms with van der Waals surface area (Å²) in [6.45, 7) is 1.37. The van der Waals surface area contributed by atoms with Crippen molar-refractivity contribution in [2.24, 2.45) is 0 Å². The van der Waals surface area contributed by atoms with Crippen LogP contribution >= 0.6 is 0 Å². The van der Waals surface area contributed by atoms with Gasteiger partial charge in [-0.1, -0.05) is 0 Å². The molecule has 0 aliphatic carbocycles. The highest BCUT2D eigenvalue weighted by atomic mass is 32.2. The molecule has 5 nitrogen and oxygen atoms in total. The van der Waals surface area contributed by atoms with Gasteiger partial charge in [0.1, 0.15) is 0 Å². The maximum Gasteiger partial charge on any atom is 0.214 e.